The Kier molecular flexibility index (Phi) is 5.33. The number of thioether (sulfide) groups is 1. The summed E-state index contributed by atoms with van der Waals surface area (Å²) in [6.45, 7) is 3.93. The van der Waals surface area contributed by atoms with Crippen molar-refractivity contribution >= 4 is 27.3 Å². The summed E-state index contributed by atoms with van der Waals surface area (Å²) < 4.78 is 24.2. The molecule has 1 rings (SSSR count). The van der Waals surface area contributed by atoms with Gasteiger partial charge in [-0.05, 0) is 42.5 Å². The number of anilines is 1. The van der Waals surface area contributed by atoms with E-state index in [0.717, 1.165) is 17.1 Å². The summed E-state index contributed by atoms with van der Waals surface area (Å²) in [5, 5.41) is 0. The van der Waals surface area contributed by atoms with Crippen LogP contribution in [0.3, 0.4) is 0 Å². The monoisotopic (exact) mass is 273 g/mol. The van der Waals surface area contributed by atoms with Crippen LogP contribution in [0.15, 0.2) is 23.1 Å². The molecule has 0 aliphatic carbocycles. The molecule has 1 aromatic rings. The largest absolute Gasteiger partial charge is 0.398 e. The fourth-order valence-electron chi connectivity index (χ4n) is 1.52. The number of nitrogen functional groups attached to an aromatic ring is 1. The zero-order valence-corrected chi connectivity index (χ0v) is 11.9. The fourth-order valence-corrected chi connectivity index (χ4v) is 3.87. The SMILES string of the molecule is CCSCCCS(=O)(=O)c1cc(C)ccc1N. The molecule has 2 N–H and O–H groups in total. The third kappa shape index (κ3) is 4.24. The first kappa shape index (κ1) is 14.4. The maximum Gasteiger partial charge on any atom is 0.180 e. The van der Waals surface area contributed by atoms with E-state index in [1.54, 1.807) is 23.9 Å². The highest BCUT2D eigenvalue weighted by Gasteiger charge is 2.17. The van der Waals surface area contributed by atoms with E-state index in [2.05, 4.69) is 6.92 Å². The zero-order valence-electron chi connectivity index (χ0n) is 10.3. The first-order valence-corrected chi connectivity index (χ1v) is 8.44. The highest BCUT2D eigenvalue weighted by Crippen LogP contribution is 2.21. The molecule has 3 nitrogen and oxygen atoms in total. The van der Waals surface area contributed by atoms with E-state index in [-0.39, 0.29) is 10.6 Å². The van der Waals surface area contributed by atoms with Gasteiger partial charge in [-0.1, -0.05) is 13.0 Å². The zero-order chi connectivity index (χ0) is 12.9. The van der Waals surface area contributed by atoms with Crippen LogP contribution in [0, 0.1) is 6.92 Å². The molecule has 0 atom stereocenters. The standard InChI is InChI=1S/C12H19NO2S2/c1-3-16-7-4-8-17(14,15)12-9-10(2)5-6-11(12)13/h5-6,9H,3-4,7-8,13H2,1-2H3. The lowest BCUT2D eigenvalue weighted by Gasteiger charge is -2.08. The van der Waals surface area contributed by atoms with Gasteiger partial charge in [-0.3, -0.25) is 0 Å². The van der Waals surface area contributed by atoms with E-state index in [9.17, 15) is 8.42 Å². The number of sulfone groups is 1. The third-order valence-corrected chi connectivity index (χ3v) is 5.25. The van der Waals surface area contributed by atoms with Crippen LogP contribution < -0.4 is 5.73 Å². The molecule has 0 saturated heterocycles. The molecular weight excluding hydrogens is 254 g/mol. The molecule has 0 spiro atoms. The van der Waals surface area contributed by atoms with Crippen LogP contribution in [0.25, 0.3) is 0 Å². The number of rotatable bonds is 6. The van der Waals surface area contributed by atoms with E-state index in [1.807, 2.05) is 13.0 Å². The van der Waals surface area contributed by atoms with Crippen LogP contribution in [0.5, 0.6) is 0 Å². The van der Waals surface area contributed by atoms with E-state index in [0.29, 0.717) is 12.1 Å². The maximum atomic E-state index is 12.1. The maximum absolute atomic E-state index is 12.1. The molecule has 0 saturated carbocycles. The van der Waals surface area contributed by atoms with Gasteiger partial charge in [0, 0.05) is 0 Å². The molecule has 0 radical (unpaired) electrons. The molecule has 0 aliphatic rings. The van der Waals surface area contributed by atoms with E-state index in [4.69, 9.17) is 5.73 Å². The van der Waals surface area contributed by atoms with Crippen molar-refractivity contribution in [1.82, 2.24) is 0 Å². The van der Waals surface area contributed by atoms with E-state index >= 15 is 0 Å². The van der Waals surface area contributed by atoms with Crippen molar-refractivity contribution in [2.24, 2.45) is 0 Å². The second kappa shape index (κ2) is 6.31. The lowest BCUT2D eigenvalue weighted by atomic mass is 10.2. The molecule has 0 aliphatic heterocycles. The summed E-state index contributed by atoms with van der Waals surface area (Å²) in [7, 11) is -3.23. The Balaban J connectivity index is 2.79. The van der Waals surface area contributed by atoms with Crippen LogP contribution in [-0.4, -0.2) is 25.7 Å². The van der Waals surface area contributed by atoms with E-state index < -0.39 is 9.84 Å². The predicted octanol–water partition coefficient (Wildman–Crippen LogP) is 2.49. The second-order valence-electron chi connectivity index (χ2n) is 3.91. The normalized spacial score (nSPS) is 11.6. The molecule has 0 heterocycles. The van der Waals surface area contributed by atoms with Gasteiger partial charge in [-0.25, -0.2) is 8.42 Å². The van der Waals surface area contributed by atoms with Crippen LogP contribution in [0.2, 0.25) is 0 Å². The minimum absolute atomic E-state index is 0.174. The average molecular weight is 273 g/mol. The number of aryl methyl sites for hydroxylation is 1. The molecule has 0 bridgehead atoms. The Labute approximate surface area is 108 Å². The third-order valence-electron chi connectivity index (χ3n) is 2.41. The summed E-state index contributed by atoms with van der Waals surface area (Å²) in [5.41, 5.74) is 6.98. The van der Waals surface area contributed by atoms with Crippen molar-refractivity contribution in [3.05, 3.63) is 23.8 Å². The van der Waals surface area contributed by atoms with Gasteiger partial charge in [0.1, 0.15) is 0 Å². The lowest BCUT2D eigenvalue weighted by molar-refractivity contribution is 0.595. The number of benzene rings is 1. The molecule has 0 aromatic heterocycles. The molecule has 17 heavy (non-hydrogen) atoms. The Bertz CT molecular complexity index is 469. The van der Waals surface area contributed by atoms with Crippen molar-refractivity contribution in [3.8, 4) is 0 Å². The van der Waals surface area contributed by atoms with Gasteiger partial charge >= 0.3 is 0 Å². The highest BCUT2D eigenvalue weighted by molar-refractivity contribution is 7.99. The van der Waals surface area contributed by atoms with Gasteiger partial charge in [0.25, 0.3) is 0 Å². The topological polar surface area (TPSA) is 60.2 Å². The quantitative estimate of drug-likeness (QED) is 0.639. The van der Waals surface area contributed by atoms with Gasteiger partial charge in [-0.2, -0.15) is 11.8 Å². The summed E-state index contributed by atoms with van der Waals surface area (Å²) in [5.74, 6) is 2.07. The van der Waals surface area contributed by atoms with Crippen molar-refractivity contribution < 1.29 is 8.42 Å². The predicted molar refractivity (Wildman–Crippen MR) is 75.3 cm³/mol. The Morgan fingerprint density at radius 2 is 2.06 bits per heavy atom. The second-order valence-corrected chi connectivity index (χ2v) is 7.38. The smallest absolute Gasteiger partial charge is 0.180 e. The molecule has 0 fully saturated rings. The van der Waals surface area contributed by atoms with E-state index in [1.165, 1.54) is 0 Å². The van der Waals surface area contributed by atoms with Crippen LogP contribution >= 0.6 is 11.8 Å². The fraction of sp³-hybridized carbons (Fsp3) is 0.500. The Morgan fingerprint density at radius 3 is 2.71 bits per heavy atom. The Morgan fingerprint density at radius 1 is 1.35 bits per heavy atom. The van der Waals surface area contributed by atoms with Gasteiger partial charge < -0.3 is 5.73 Å². The number of hydrogen-bond donors (Lipinski definition) is 1. The van der Waals surface area contributed by atoms with Gasteiger partial charge in [-0.15, -0.1) is 0 Å². The van der Waals surface area contributed by atoms with Crippen LogP contribution in [0.1, 0.15) is 18.9 Å². The first-order valence-electron chi connectivity index (χ1n) is 5.64. The summed E-state index contributed by atoms with van der Waals surface area (Å²) in [4.78, 5) is 0.277. The molecule has 96 valence electrons. The number of nitrogens with two attached hydrogens (primary N) is 1. The summed E-state index contributed by atoms with van der Waals surface area (Å²) >= 11 is 1.76. The van der Waals surface area contributed by atoms with Gasteiger partial charge in [0.05, 0.1) is 16.3 Å². The average Bonchev–Trinajstić information content (AvgIpc) is 2.28. The van der Waals surface area contributed by atoms with Crippen molar-refractivity contribution in [3.63, 3.8) is 0 Å². The Hall–Kier alpha value is -0.680. The number of hydrogen-bond acceptors (Lipinski definition) is 4. The molecule has 1 aromatic carbocycles. The minimum Gasteiger partial charge on any atom is -0.398 e. The molecule has 0 unspecified atom stereocenters. The van der Waals surface area contributed by atoms with Crippen LogP contribution in [-0.2, 0) is 9.84 Å². The molecule has 5 heteroatoms. The van der Waals surface area contributed by atoms with Crippen molar-refractivity contribution in [2.75, 3.05) is 23.0 Å². The lowest BCUT2D eigenvalue weighted by Crippen LogP contribution is -2.10. The summed E-state index contributed by atoms with van der Waals surface area (Å²) in [6, 6.07) is 5.13. The van der Waals surface area contributed by atoms with Crippen molar-refractivity contribution in [2.45, 2.75) is 25.2 Å². The van der Waals surface area contributed by atoms with Crippen molar-refractivity contribution in [1.29, 1.82) is 0 Å². The van der Waals surface area contributed by atoms with Gasteiger partial charge in [0.2, 0.25) is 0 Å². The molecule has 0 amide bonds. The molecular formula is C12H19NO2S2. The highest BCUT2D eigenvalue weighted by atomic mass is 32.2. The van der Waals surface area contributed by atoms with Crippen LogP contribution in [0.4, 0.5) is 5.69 Å². The van der Waals surface area contributed by atoms with Gasteiger partial charge in [0.15, 0.2) is 9.84 Å². The first-order chi connectivity index (χ1) is 7.97. The minimum atomic E-state index is -3.23. The summed E-state index contributed by atoms with van der Waals surface area (Å²) in [6.07, 6.45) is 0.675.